The van der Waals surface area contributed by atoms with Crippen LogP contribution < -0.4 is 4.72 Å². The molecule has 0 heterocycles. The highest BCUT2D eigenvalue weighted by atomic mass is 32.2. The molecule has 1 N–H and O–H groups in total. The van der Waals surface area contributed by atoms with Crippen molar-refractivity contribution in [3.8, 4) is 0 Å². The first kappa shape index (κ1) is 12.9. The second kappa shape index (κ2) is 8.51. The van der Waals surface area contributed by atoms with Gasteiger partial charge in [-0.1, -0.05) is 39.5 Å². The Bertz CT molecular complexity index is 170. The molecule has 0 saturated heterocycles. The van der Waals surface area contributed by atoms with Crippen molar-refractivity contribution in [1.29, 1.82) is 0 Å². The maximum absolute atomic E-state index is 10.1. The van der Waals surface area contributed by atoms with Crippen molar-refractivity contribution < 1.29 is 8.42 Å². The zero-order valence-electron chi connectivity index (χ0n) is 8.58. The maximum Gasteiger partial charge on any atom is 0.201 e. The molecular formula is C9H21NO2S. The molecule has 0 saturated carbocycles. The van der Waals surface area contributed by atoms with E-state index in [1.165, 1.54) is 19.3 Å². The molecular weight excluding hydrogens is 186 g/mol. The van der Waals surface area contributed by atoms with Crippen molar-refractivity contribution in [2.24, 2.45) is 5.92 Å². The summed E-state index contributed by atoms with van der Waals surface area (Å²) in [5.74, 6) is 0.786. The van der Waals surface area contributed by atoms with Gasteiger partial charge in [-0.15, -0.1) is 0 Å². The van der Waals surface area contributed by atoms with Gasteiger partial charge < -0.3 is 0 Å². The Balaban J connectivity index is 3.00. The molecule has 0 aromatic rings. The molecule has 13 heavy (non-hydrogen) atoms. The molecule has 0 aromatic heterocycles. The van der Waals surface area contributed by atoms with Crippen molar-refractivity contribution in [3.05, 3.63) is 0 Å². The highest BCUT2D eigenvalue weighted by Gasteiger charge is 1.94. The van der Waals surface area contributed by atoms with E-state index in [2.05, 4.69) is 18.6 Å². The SMILES string of the molecule is CC(C)CCCCCCN[SH](=O)=O. The molecule has 0 spiro atoms. The second-order valence-corrected chi connectivity index (χ2v) is 4.59. The Morgan fingerprint density at radius 1 is 1.08 bits per heavy atom. The number of hydrogen-bond acceptors (Lipinski definition) is 2. The normalized spacial score (nSPS) is 11.4. The first-order valence-electron chi connectivity index (χ1n) is 5.01. The molecule has 0 fully saturated rings. The highest BCUT2D eigenvalue weighted by molar-refractivity contribution is 7.70. The lowest BCUT2D eigenvalue weighted by Crippen LogP contribution is -2.12. The summed E-state index contributed by atoms with van der Waals surface area (Å²) in [5.41, 5.74) is 0. The van der Waals surface area contributed by atoms with E-state index in [4.69, 9.17) is 0 Å². The Morgan fingerprint density at radius 3 is 2.23 bits per heavy atom. The van der Waals surface area contributed by atoms with Gasteiger partial charge in [0.25, 0.3) is 0 Å². The highest BCUT2D eigenvalue weighted by Crippen LogP contribution is 2.08. The first-order chi connectivity index (χ1) is 6.13. The van der Waals surface area contributed by atoms with Gasteiger partial charge in [0.2, 0.25) is 10.9 Å². The van der Waals surface area contributed by atoms with Crippen molar-refractivity contribution in [3.63, 3.8) is 0 Å². The summed E-state index contributed by atoms with van der Waals surface area (Å²) in [7, 11) is -2.39. The van der Waals surface area contributed by atoms with E-state index in [-0.39, 0.29) is 0 Å². The monoisotopic (exact) mass is 207 g/mol. The van der Waals surface area contributed by atoms with Crippen LogP contribution in [0.2, 0.25) is 0 Å². The molecule has 0 atom stereocenters. The zero-order chi connectivity index (χ0) is 10.1. The van der Waals surface area contributed by atoms with Crippen LogP contribution in [0.15, 0.2) is 0 Å². The topological polar surface area (TPSA) is 46.2 Å². The fourth-order valence-electron chi connectivity index (χ4n) is 1.20. The summed E-state index contributed by atoms with van der Waals surface area (Å²) in [5, 5.41) is 0. The van der Waals surface area contributed by atoms with Crippen LogP contribution >= 0.6 is 0 Å². The maximum atomic E-state index is 10.1. The Labute approximate surface area is 83.0 Å². The molecule has 3 nitrogen and oxygen atoms in total. The average molecular weight is 207 g/mol. The third-order valence-corrected chi connectivity index (χ3v) is 2.43. The van der Waals surface area contributed by atoms with Crippen LogP contribution in [0, 0.1) is 5.92 Å². The molecule has 80 valence electrons. The van der Waals surface area contributed by atoms with E-state index in [0.717, 1.165) is 18.8 Å². The van der Waals surface area contributed by atoms with Gasteiger partial charge in [-0.3, -0.25) is 0 Å². The van der Waals surface area contributed by atoms with Gasteiger partial charge in [0.15, 0.2) is 0 Å². The van der Waals surface area contributed by atoms with Gasteiger partial charge >= 0.3 is 0 Å². The van der Waals surface area contributed by atoms with Gasteiger partial charge in [-0.05, 0) is 12.3 Å². The lowest BCUT2D eigenvalue weighted by Gasteiger charge is -2.03. The molecule has 4 heteroatoms. The van der Waals surface area contributed by atoms with Crippen molar-refractivity contribution in [2.75, 3.05) is 6.54 Å². The fraction of sp³-hybridized carbons (Fsp3) is 1.00. The summed E-state index contributed by atoms with van der Waals surface area (Å²) >= 11 is 0. The van der Waals surface area contributed by atoms with E-state index in [0.29, 0.717) is 6.54 Å². The van der Waals surface area contributed by atoms with Crippen LogP contribution in [0.1, 0.15) is 46.0 Å². The van der Waals surface area contributed by atoms with E-state index in [1.807, 2.05) is 0 Å². The molecule has 0 aromatic carbocycles. The summed E-state index contributed by atoms with van der Waals surface area (Å²) in [4.78, 5) is 0. The Morgan fingerprint density at radius 2 is 1.69 bits per heavy atom. The number of unbranched alkanes of at least 4 members (excludes halogenated alkanes) is 3. The van der Waals surface area contributed by atoms with Gasteiger partial charge in [-0.25, -0.2) is 13.1 Å². The lowest BCUT2D eigenvalue weighted by atomic mass is 10.0. The minimum atomic E-state index is -2.39. The van der Waals surface area contributed by atoms with Crippen LogP contribution in [-0.2, 0) is 10.9 Å². The van der Waals surface area contributed by atoms with E-state index < -0.39 is 10.9 Å². The van der Waals surface area contributed by atoms with Crippen LogP contribution in [0.25, 0.3) is 0 Å². The van der Waals surface area contributed by atoms with Gasteiger partial charge in [0, 0.05) is 6.54 Å². The smallest absolute Gasteiger partial charge is 0.201 e. The second-order valence-electron chi connectivity index (χ2n) is 3.76. The molecule has 0 aliphatic rings. The molecule has 0 amide bonds. The quantitative estimate of drug-likeness (QED) is 0.470. The third-order valence-electron chi connectivity index (χ3n) is 1.95. The Kier molecular flexibility index (Phi) is 8.45. The number of hydrogen-bond donors (Lipinski definition) is 2. The Hall–Kier alpha value is -0.0900. The van der Waals surface area contributed by atoms with E-state index in [1.54, 1.807) is 0 Å². The van der Waals surface area contributed by atoms with Crippen molar-refractivity contribution in [2.45, 2.75) is 46.0 Å². The van der Waals surface area contributed by atoms with Crippen molar-refractivity contribution in [1.82, 2.24) is 4.72 Å². The van der Waals surface area contributed by atoms with Gasteiger partial charge in [0.05, 0.1) is 0 Å². The standard InChI is InChI=1S/C9H21NO2S/c1-9(2)7-5-3-4-6-8-10-13(11)12/h9,13H,3-8H2,1-2H3,(H,10,11,12). The van der Waals surface area contributed by atoms with Crippen LogP contribution in [0.3, 0.4) is 0 Å². The molecule has 0 aliphatic carbocycles. The number of thiol groups is 1. The minimum Gasteiger partial charge on any atom is -0.218 e. The minimum absolute atomic E-state index is 0.598. The molecule has 0 rings (SSSR count). The molecule has 0 radical (unpaired) electrons. The predicted molar refractivity (Wildman–Crippen MR) is 56.2 cm³/mol. The molecule has 0 bridgehead atoms. The largest absolute Gasteiger partial charge is 0.218 e. The molecule has 0 unspecified atom stereocenters. The predicted octanol–water partition coefficient (Wildman–Crippen LogP) is 1.71. The van der Waals surface area contributed by atoms with Gasteiger partial charge in [0.1, 0.15) is 0 Å². The lowest BCUT2D eigenvalue weighted by molar-refractivity contribution is 0.518. The van der Waals surface area contributed by atoms with Crippen molar-refractivity contribution >= 4 is 10.9 Å². The van der Waals surface area contributed by atoms with E-state index in [9.17, 15) is 8.42 Å². The zero-order valence-corrected chi connectivity index (χ0v) is 9.48. The fourth-order valence-corrected chi connectivity index (χ4v) is 1.54. The molecule has 0 aliphatic heterocycles. The van der Waals surface area contributed by atoms with Crippen LogP contribution in [0.5, 0.6) is 0 Å². The summed E-state index contributed by atoms with van der Waals surface area (Å²) in [6.07, 6.45) is 5.85. The van der Waals surface area contributed by atoms with Crippen LogP contribution in [-0.4, -0.2) is 15.0 Å². The first-order valence-corrected chi connectivity index (χ1v) is 6.18. The van der Waals surface area contributed by atoms with E-state index >= 15 is 0 Å². The summed E-state index contributed by atoms with van der Waals surface area (Å²) < 4.78 is 22.6. The van der Waals surface area contributed by atoms with Gasteiger partial charge in [-0.2, -0.15) is 0 Å². The number of nitrogens with one attached hydrogen (secondary N) is 1. The third kappa shape index (κ3) is 11.9. The van der Waals surface area contributed by atoms with Crippen LogP contribution in [0.4, 0.5) is 0 Å². The number of rotatable bonds is 8. The summed E-state index contributed by atoms with van der Waals surface area (Å²) in [6, 6.07) is 0. The average Bonchev–Trinajstić information content (AvgIpc) is 2.01. The summed E-state index contributed by atoms with van der Waals surface area (Å²) in [6.45, 7) is 5.05.